The second-order valence-electron chi connectivity index (χ2n) is 3.63. The summed E-state index contributed by atoms with van der Waals surface area (Å²) < 4.78 is 5.14. The predicted molar refractivity (Wildman–Crippen MR) is 64.6 cm³/mol. The lowest BCUT2D eigenvalue weighted by Crippen LogP contribution is -2.30. The summed E-state index contributed by atoms with van der Waals surface area (Å²) in [6.45, 7) is 5.46. The highest BCUT2D eigenvalue weighted by atomic mass is 32.1. The molecule has 0 aromatic carbocycles. The lowest BCUT2D eigenvalue weighted by Gasteiger charge is -2.10. The van der Waals surface area contributed by atoms with E-state index in [2.05, 4.69) is 10.3 Å². The van der Waals surface area contributed by atoms with Gasteiger partial charge in [0.05, 0.1) is 5.01 Å². The van der Waals surface area contributed by atoms with Crippen LogP contribution >= 0.6 is 11.3 Å². The van der Waals surface area contributed by atoms with Crippen LogP contribution in [0.1, 0.15) is 31.2 Å². The first-order valence-electron chi connectivity index (χ1n) is 5.47. The van der Waals surface area contributed by atoms with Gasteiger partial charge in [0.15, 0.2) is 0 Å². The van der Waals surface area contributed by atoms with Crippen molar-refractivity contribution in [1.82, 2.24) is 10.3 Å². The molecule has 4 nitrogen and oxygen atoms in total. The van der Waals surface area contributed by atoms with Crippen LogP contribution in [0.15, 0.2) is 11.6 Å². The third-order valence-corrected chi connectivity index (χ3v) is 3.07. The number of carbonyl (C=O) groups is 1. The van der Waals surface area contributed by atoms with Crippen LogP contribution in [-0.4, -0.2) is 30.6 Å². The predicted octanol–water partition coefficient (Wildman–Crippen LogP) is 1.79. The number of carbonyl (C=O) groups excluding carboxylic acids is 1. The minimum atomic E-state index is -0.0585. The largest absolute Gasteiger partial charge is 0.372 e. The standard InChI is InChI=1S/C11H18N2O2S/c1-3-5-15-8-10(14)13-7-9(2)11-12-4-6-16-11/h4,6,9H,3,5,7-8H2,1-2H3,(H,13,14). The van der Waals surface area contributed by atoms with Gasteiger partial charge in [0.1, 0.15) is 6.61 Å². The Morgan fingerprint density at radius 1 is 1.69 bits per heavy atom. The average molecular weight is 242 g/mol. The van der Waals surface area contributed by atoms with Gasteiger partial charge in [-0.2, -0.15) is 0 Å². The van der Waals surface area contributed by atoms with E-state index in [1.54, 1.807) is 17.5 Å². The summed E-state index contributed by atoms with van der Waals surface area (Å²) >= 11 is 1.61. The first-order valence-corrected chi connectivity index (χ1v) is 6.35. The van der Waals surface area contributed by atoms with Crippen LogP contribution in [0.2, 0.25) is 0 Å². The fourth-order valence-corrected chi connectivity index (χ4v) is 1.89. The van der Waals surface area contributed by atoms with Crippen molar-refractivity contribution in [2.24, 2.45) is 0 Å². The fraction of sp³-hybridized carbons (Fsp3) is 0.636. The second kappa shape index (κ2) is 7.35. The molecule has 1 rings (SSSR count). The van der Waals surface area contributed by atoms with E-state index in [4.69, 9.17) is 4.74 Å². The summed E-state index contributed by atoms with van der Waals surface area (Å²) in [6, 6.07) is 0. The molecule has 1 aromatic heterocycles. The van der Waals surface area contributed by atoms with Crippen LogP contribution in [0.4, 0.5) is 0 Å². The molecule has 1 unspecified atom stereocenters. The van der Waals surface area contributed by atoms with E-state index in [1.165, 1.54) is 0 Å². The molecule has 0 saturated heterocycles. The lowest BCUT2D eigenvalue weighted by molar-refractivity contribution is -0.125. The molecule has 16 heavy (non-hydrogen) atoms. The summed E-state index contributed by atoms with van der Waals surface area (Å²) in [7, 11) is 0. The number of ether oxygens (including phenoxy) is 1. The summed E-state index contributed by atoms with van der Waals surface area (Å²) in [5.41, 5.74) is 0. The summed E-state index contributed by atoms with van der Waals surface area (Å²) in [6.07, 6.45) is 2.71. The Labute approximate surface area is 100 Å². The minimum Gasteiger partial charge on any atom is -0.372 e. The van der Waals surface area contributed by atoms with Gasteiger partial charge in [-0.1, -0.05) is 13.8 Å². The monoisotopic (exact) mass is 242 g/mol. The van der Waals surface area contributed by atoms with Crippen LogP contribution in [0, 0.1) is 0 Å². The number of amides is 1. The van der Waals surface area contributed by atoms with Crippen molar-refractivity contribution in [1.29, 1.82) is 0 Å². The molecular formula is C11H18N2O2S. The van der Waals surface area contributed by atoms with Gasteiger partial charge in [0.25, 0.3) is 0 Å². The van der Waals surface area contributed by atoms with Crippen molar-refractivity contribution < 1.29 is 9.53 Å². The normalized spacial score (nSPS) is 12.4. The van der Waals surface area contributed by atoms with Crippen LogP contribution in [0.3, 0.4) is 0 Å². The van der Waals surface area contributed by atoms with Gasteiger partial charge in [-0.25, -0.2) is 4.98 Å². The van der Waals surface area contributed by atoms with Gasteiger partial charge >= 0.3 is 0 Å². The van der Waals surface area contributed by atoms with Crippen molar-refractivity contribution in [3.63, 3.8) is 0 Å². The smallest absolute Gasteiger partial charge is 0.246 e. The first-order chi connectivity index (χ1) is 7.74. The number of aromatic nitrogens is 1. The Bertz CT molecular complexity index is 301. The maximum Gasteiger partial charge on any atom is 0.246 e. The zero-order chi connectivity index (χ0) is 11.8. The first kappa shape index (κ1) is 13.1. The maximum absolute atomic E-state index is 11.3. The molecule has 1 amide bonds. The molecule has 0 aliphatic rings. The minimum absolute atomic E-state index is 0.0585. The molecule has 1 aromatic rings. The number of hydrogen-bond donors (Lipinski definition) is 1. The van der Waals surface area contributed by atoms with Crippen LogP contribution in [-0.2, 0) is 9.53 Å². The highest BCUT2D eigenvalue weighted by Gasteiger charge is 2.09. The molecule has 0 aliphatic heterocycles. The van der Waals surface area contributed by atoms with Gasteiger partial charge in [-0.3, -0.25) is 4.79 Å². The Hall–Kier alpha value is -0.940. The van der Waals surface area contributed by atoms with Crippen molar-refractivity contribution in [3.05, 3.63) is 16.6 Å². The quantitative estimate of drug-likeness (QED) is 0.742. The Morgan fingerprint density at radius 3 is 3.12 bits per heavy atom. The molecule has 90 valence electrons. The SMILES string of the molecule is CCCOCC(=O)NCC(C)c1nccs1. The zero-order valence-corrected chi connectivity index (χ0v) is 10.5. The van der Waals surface area contributed by atoms with E-state index >= 15 is 0 Å². The number of hydrogen-bond acceptors (Lipinski definition) is 4. The number of nitrogens with zero attached hydrogens (tertiary/aromatic N) is 1. The van der Waals surface area contributed by atoms with E-state index in [1.807, 2.05) is 19.2 Å². The molecular weight excluding hydrogens is 224 g/mol. The van der Waals surface area contributed by atoms with E-state index < -0.39 is 0 Å². The number of nitrogens with one attached hydrogen (secondary N) is 1. The van der Waals surface area contributed by atoms with E-state index in [0.29, 0.717) is 13.2 Å². The molecule has 1 N–H and O–H groups in total. The number of thiazole rings is 1. The Kier molecular flexibility index (Phi) is 6.03. The molecule has 0 radical (unpaired) electrons. The molecule has 0 fully saturated rings. The van der Waals surface area contributed by atoms with E-state index in [0.717, 1.165) is 11.4 Å². The fourth-order valence-electron chi connectivity index (χ4n) is 1.19. The van der Waals surface area contributed by atoms with Gasteiger partial charge in [-0.15, -0.1) is 11.3 Å². The average Bonchev–Trinajstić information content (AvgIpc) is 2.79. The maximum atomic E-state index is 11.3. The van der Waals surface area contributed by atoms with Crippen molar-refractivity contribution in [2.45, 2.75) is 26.2 Å². The molecule has 5 heteroatoms. The summed E-state index contributed by atoms with van der Waals surface area (Å²) in [4.78, 5) is 15.5. The summed E-state index contributed by atoms with van der Waals surface area (Å²) in [5.74, 6) is 0.201. The third kappa shape index (κ3) is 4.72. The van der Waals surface area contributed by atoms with Gasteiger partial charge in [0.2, 0.25) is 5.91 Å². The zero-order valence-electron chi connectivity index (χ0n) is 9.73. The molecule has 0 spiro atoms. The Balaban J connectivity index is 2.16. The Morgan fingerprint density at radius 2 is 2.50 bits per heavy atom. The third-order valence-electron chi connectivity index (χ3n) is 2.06. The van der Waals surface area contributed by atoms with Crippen molar-refractivity contribution in [3.8, 4) is 0 Å². The molecule has 1 heterocycles. The van der Waals surface area contributed by atoms with E-state index in [9.17, 15) is 4.79 Å². The van der Waals surface area contributed by atoms with Crippen LogP contribution in [0.25, 0.3) is 0 Å². The molecule has 0 saturated carbocycles. The lowest BCUT2D eigenvalue weighted by atomic mass is 10.2. The van der Waals surface area contributed by atoms with E-state index in [-0.39, 0.29) is 18.4 Å². The topological polar surface area (TPSA) is 51.2 Å². The molecule has 0 bridgehead atoms. The molecule has 0 aliphatic carbocycles. The highest BCUT2D eigenvalue weighted by molar-refractivity contribution is 7.09. The van der Waals surface area contributed by atoms with Crippen molar-refractivity contribution >= 4 is 17.2 Å². The molecule has 1 atom stereocenters. The van der Waals surface area contributed by atoms with Gasteiger partial charge < -0.3 is 10.1 Å². The number of rotatable bonds is 7. The second-order valence-corrected chi connectivity index (χ2v) is 4.55. The summed E-state index contributed by atoms with van der Waals surface area (Å²) in [5, 5.41) is 5.83. The highest BCUT2D eigenvalue weighted by Crippen LogP contribution is 2.16. The van der Waals surface area contributed by atoms with Crippen molar-refractivity contribution in [2.75, 3.05) is 19.8 Å². The van der Waals surface area contributed by atoms with Crippen LogP contribution in [0.5, 0.6) is 0 Å². The van der Waals surface area contributed by atoms with Crippen LogP contribution < -0.4 is 5.32 Å². The van der Waals surface area contributed by atoms with Gasteiger partial charge in [0, 0.05) is 30.6 Å². The van der Waals surface area contributed by atoms with Gasteiger partial charge in [-0.05, 0) is 6.42 Å².